The number of hydrogen-bond donors (Lipinski definition) is 0. The van der Waals surface area contributed by atoms with E-state index in [4.69, 9.17) is 0 Å². The number of rotatable bonds is 6. The molecule has 0 aliphatic carbocycles. The maximum absolute atomic E-state index is 3.87. The minimum atomic E-state index is 0.476. The van der Waals surface area contributed by atoms with Crippen LogP contribution in [0.5, 0.6) is 0 Å². The highest BCUT2D eigenvalue weighted by Crippen LogP contribution is 2.44. The van der Waals surface area contributed by atoms with Crippen LogP contribution in [0.3, 0.4) is 0 Å². The predicted octanol–water partition coefficient (Wildman–Crippen LogP) is 6.93. The molecule has 0 saturated heterocycles. The summed E-state index contributed by atoms with van der Waals surface area (Å²) in [4.78, 5) is 0.476. The van der Waals surface area contributed by atoms with E-state index in [1.807, 2.05) is 0 Å². The van der Waals surface area contributed by atoms with Gasteiger partial charge in [0.05, 0.1) is 7.57 Å². The van der Waals surface area contributed by atoms with E-state index >= 15 is 0 Å². The van der Waals surface area contributed by atoms with Crippen molar-refractivity contribution < 1.29 is 0 Å². The van der Waals surface area contributed by atoms with Crippen LogP contribution >= 0.6 is 59.1 Å². The number of thiophene rings is 1. The Hall–Kier alpha value is 1.14. The fraction of sp³-hybridized carbons (Fsp3) is 0.667. The fourth-order valence-electron chi connectivity index (χ4n) is 1.97. The molecule has 4 heteroatoms. The molecule has 0 saturated carbocycles. The topological polar surface area (TPSA) is 0 Å². The van der Waals surface area contributed by atoms with Crippen LogP contribution in [0, 0.1) is 5.92 Å². The molecule has 1 atom stereocenters. The standard InChI is InChI=1S/C12H17Br3S/c1-3-5-8(6-4-2)11(14)9-7-10(13)16-12(9)15/h7-8,11H,3-6H2,1-2H3. The second-order valence-corrected chi connectivity index (χ2v) is 8.75. The summed E-state index contributed by atoms with van der Waals surface area (Å²) in [5, 5.41) is 0. The maximum Gasteiger partial charge on any atom is 0.0753 e. The lowest BCUT2D eigenvalue weighted by Crippen LogP contribution is -2.07. The van der Waals surface area contributed by atoms with Gasteiger partial charge in [-0.3, -0.25) is 0 Å². The second-order valence-electron chi connectivity index (χ2n) is 4.02. The van der Waals surface area contributed by atoms with Crippen molar-refractivity contribution in [1.82, 2.24) is 0 Å². The predicted molar refractivity (Wildman–Crippen MR) is 84.7 cm³/mol. The molecule has 0 spiro atoms. The largest absolute Gasteiger partial charge is 0.121 e. The average molecular weight is 433 g/mol. The molecule has 1 unspecified atom stereocenters. The van der Waals surface area contributed by atoms with E-state index < -0.39 is 0 Å². The zero-order valence-corrected chi connectivity index (χ0v) is 15.2. The van der Waals surface area contributed by atoms with Crippen LogP contribution in [0.1, 0.15) is 49.9 Å². The van der Waals surface area contributed by atoms with E-state index in [0.29, 0.717) is 4.83 Å². The molecule has 1 heterocycles. The van der Waals surface area contributed by atoms with Gasteiger partial charge in [-0.25, -0.2) is 0 Å². The zero-order valence-electron chi connectivity index (χ0n) is 9.60. The Labute approximate surface area is 128 Å². The molecular weight excluding hydrogens is 416 g/mol. The van der Waals surface area contributed by atoms with Gasteiger partial charge in [0.2, 0.25) is 0 Å². The van der Waals surface area contributed by atoms with Gasteiger partial charge in [-0.05, 0) is 62.2 Å². The van der Waals surface area contributed by atoms with Crippen LogP contribution in [-0.2, 0) is 0 Å². The molecule has 0 fully saturated rings. The minimum Gasteiger partial charge on any atom is -0.121 e. The highest BCUT2D eigenvalue weighted by Gasteiger charge is 2.22. The SMILES string of the molecule is CCCC(CCC)C(Br)c1cc(Br)sc1Br. The van der Waals surface area contributed by atoms with Gasteiger partial charge < -0.3 is 0 Å². The molecule has 0 nitrogen and oxygen atoms in total. The third-order valence-corrected chi connectivity index (χ3v) is 6.34. The van der Waals surface area contributed by atoms with Crippen molar-refractivity contribution in [1.29, 1.82) is 0 Å². The average Bonchev–Trinajstić information content (AvgIpc) is 2.56. The van der Waals surface area contributed by atoms with Crippen molar-refractivity contribution in [2.24, 2.45) is 5.92 Å². The first-order chi connectivity index (χ1) is 7.60. The smallest absolute Gasteiger partial charge is 0.0753 e. The van der Waals surface area contributed by atoms with Crippen molar-refractivity contribution >= 4 is 59.1 Å². The van der Waals surface area contributed by atoms with Crippen LogP contribution in [-0.4, -0.2) is 0 Å². The maximum atomic E-state index is 3.87. The summed E-state index contributed by atoms with van der Waals surface area (Å²) in [7, 11) is 0. The molecule has 0 aliphatic rings. The van der Waals surface area contributed by atoms with Crippen molar-refractivity contribution in [3.63, 3.8) is 0 Å². The summed E-state index contributed by atoms with van der Waals surface area (Å²) in [6.07, 6.45) is 5.11. The first-order valence-electron chi connectivity index (χ1n) is 5.68. The highest BCUT2D eigenvalue weighted by molar-refractivity contribution is 9.12. The minimum absolute atomic E-state index is 0.476. The fourth-order valence-corrected chi connectivity index (χ4v) is 6.25. The van der Waals surface area contributed by atoms with Gasteiger partial charge in [0.25, 0.3) is 0 Å². The van der Waals surface area contributed by atoms with Gasteiger partial charge in [0.15, 0.2) is 0 Å². The Balaban J connectivity index is 2.80. The summed E-state index contributed by atoms with van der Waals surface area (Å²) < 4.78 is 2.45. The molecule has 0 aromatic carbocycles. The molecule has 1 aromatic heterocycles. The van der Waals surface area contributed by atoms with Gasteiger partial charge >= 0.3 is 0 Å². The third-order valence-electron chi connectivity index (χ3n) is 2.71. The Kier molecular flexibility index (Phi) is 7.17. The van der Waals surface area contributed by atoms with Crippen LogP contribution in [0.2, 0.25) is 0 Å². The molecule has 1 rings (SSSR count). The summed E-state index contributed by atoms with van der Waals surface area (Å²) in [6.45, 7) is 4.53. The lowest BCUT2D eigenvalue weighted by atomic mass is 9.92. The molecule has 0 aliphatic heterocycles. The Morgan fingerprint density at radius 3 is 2.12 bits per heavy atom. The molecular formula is C12H17Br3S. The lowest BCUT2D eigenvalue weighted by molar-refractivity contribution is 0.435. The molecule has 92 valence electrons. The molecule has 0 bridgehead atoms. The van der Waals surface area contributed by atoms with Gasteiger partial charge in [-0.2, -0.15) is 0 Å². The molecule has 0 amide bonds. The van der Waals surface area contributed by atoms with Gasteiger partial charge in [0, 0.05) is 4.83 Å². The van der Waals surface area contributed by atoms with Crippen molar-refractivity contribution in [2.45, 2.75) is 44.4 Å². The van der Waals surface area contributed by atoms with Crippen molar-refractivity contribution in [3.8, 4) is 0 Å². The molecule has 16 heavy (non-hydrogen) atoms. The first-order valence-corrected chi connectivity index (χ1v) is 9.00. The van der Waals surface area contributed by atoms with E-state index in [0.717, 1.165) is 5.92 Å². The van der Waals surface area contributed by atoms with E-state index in [9.17, 15) is 0 Å². The molecule has 0 N–H and O–H groups in total. The van der Waals surface area contributed by atoms with Crippen molar-refractivity contribution in [3.05, 3.63) is 19.2 Å². The number of halogens is 3. The molecule has 0 radical (unpaired) electrons. The Morgan fingerprint density at radius 1 is 1.19 bits per heavy atom. The monoisotopic (exact) mass is 430 g/mol. The normalized spacial score (nSPS) is 13.4. The van der Waals surface area contributed by atoms with E-state index in [1.54, 1.807) is 11.3 Å². The summed E-state index contributed by atoms with van der Waals surface area (Å²) in [5.41, 5.74) is 1.39. The first kappa shape index (κ1) is 15.2. The Bertz CT molecular complexity index is 316. The van der Waals surface area contributed by atoms with E-state index in [-0.39, 0.29) is 0 Å². The van der Waals surface area contributed by atoms with Gasteiger partial charge in [-0.15, -0.1) is 11.3 Å². The zero-order chi connectivity index (χ0) is 12.1. The van der Waals surface area contributed by atoms with E-state index in [1.165, 1.54) is 38.8 Å². The number of alkyl halides is 1. The third kappa shape index (κ3) is 4.11. The quantitative estimate of drug-likeness (QED) is 0.427. The van der Waals surface area contributed by atoms with Crippen molar-refractivity contribution in [2.75, 3.05) is 0 Å². The summed E-state index contributed by atoms with van der Waals surface area (Å²) in [6, 6.07) is 2.23. The van der Waals surface area contributed by atoms with Gasteiger partial charge in [-0.1, -0.05) is 42.6 Å². The molecule has 1 aromatic rings. The number of hydrogen-bond acceptors (Lipinski definition) is 1. The van der Waals surface area contributed by atoms with Crippen LogP contribution < -0.4 is 0 Å². The van der Waals surface area contributed by atoms with Gasteiger partial charge in [0.1, 0.15) is 0 Å². The van der Waals surface area contributed by atoms with Crippen LogP contribution in [0.15, 0.2) is 13.6 Å². The van der Waals surface area contributed by atoms with E-state index in [2.05, 4.69) is 67.7 Å². The van der Waals surface area contributed by atoms with Crippen LogP contribution in [0.4, 0.5) is 0 Å². The lowest BCUT2D eigenvalue weighted by Gasteiger charge is -2.21. The van der Waals surface area contributed by atoms with Crippen LogP contribution in [0.25, 0.3) is 0 Å². The second kappa shape index (κ2) is 7.55. The summed E-state index contributed by atoms with van der Waals surface area (Å²) in [5.74, 6) is 0.743. The highest BCUT2D eigenvalue weighted by atomic mass is 79.9. The Morgan fingerprint density at radius 2 is 1.75 bits per heavy atom. The summed E-state index contributed by atoms with van der Waals surface area (Å²) >= 11 is 12.8.